The number of hydrogen-bond donors (Lipinski definition) is 0. The van der Waals surface area contributed by atoms with Crippen molar-refractivity contribution in [3.8, 4) is 5.88 Å². The molecule has 0 saturated carbocycles. The summed E-state index contributed by atoms with van der Waals surface area (Å²) in [6.45, 7) is 3.79. The van der Waals surface area contributed by atoms with E-state index >= 15 is 0 Å². The van der Waals surface area contributed by atoms with Gasteiger partial charge in [-0.15, -0.1) is 0 Å². The van der Waals surface area contributed by atoms with Gasteiger partial charge < -0.3 is 14.4 Å². The smallest absolute Gasteiger partial charge is 0.256 e. The van der Waals surface area contributed by atoms with E-state index in [1.165, 1.54) is 5.56 Å². The second-order valence-electron chi connectivity index (χ2n) is 6.78. The lowest BCUT2D eigenvalue weighted by atomic mass is 9.96. The van der Waals surface area contributed by atoms with Crippen LogP contribution in [0.5, 0.6) is 5.88 Å². The van der Waals surface area contributed by atoms with Crippen LogP contribution in [-0.4, -0.2) is 46.6 Å². The molecule has 1 atom stereocenters. The van der Waals surface area contributed by atoms with E-state index in [1.54, 1.807) is 12.3 Å². The third-order valence-electron chi connectivity index (χ3n) is 5.01. The van der Waals surface area contributed by atoms with E-state index in [2.05, 4.69) is 16.0 Å². The SMILES string of the molecule is Cc1nccc(OC2CCN(C(=O)C3OCCc4ccccc43)CC2)n1. The predicted octanol–water partition coefficient (Wildman–Crippen LogP) is 2.47. The molecule has 1 fully saturated rings. The van der Waals surface area contributed by atoms with Crippen molar-refractivity contribution in [3.63, 3.8) is 0 Å². The van der Waals surface area contributed by atoms with Gasteiger partial charge in [0, 0.05) is 38.2 Å². The largest absolute Gasteiger partial charge is 0.474 e. The van der Waals surface area contributed by atoms with Crippen LogP contribution in [0.4, 0.5) is 0 Å². The highest BCUT2D eigenvalue weighted by molar-refractivity contribution is 5.83. The topological polar surface area (TPSA) is 64.5 Å². The highest BCUT2D eigenvalue weighted by atomic mass is 16.5. The van der Waals surface area contributed by atoms with Gasteiger partial charge >= 0.3 is 0 Å². The second kappa shape index (κ2) is 7.41. The zero-order valence-electron chi connectivity index (χ0n) is 14.9. The molecule has 6 nitrogen and oxygen atoms in total. The predicted molar refractivity (Wildman–Crippen MR) is 95.8 cm³/mol. The van der Waals surface area contributed by atoms with E-state index in [0.29, 0.717) is 31.4 Å². The van der Waals surface area contributed by atoms with Gasteiger partial charge in [-0.3, -0.25) is 4.79 Å². The summed E-state index contributed by atoms with van der Waals surface area (Å²) < 4.78 is 11.8. The number of aromatic nitrogens is 2. The molecule has 0 N–H and O–H groups in total. The molecule has 2 aliphatic heterocycles. The lowest BCUT2D eigenvalue weighted by molar-refractivity contribution is -0.147. The van der Waals surface area contributed by atoms with Crippen LogP contribution in [0.1, 0.15) is 35.9 Å². The van der Waals surface area contributed by atoms with Gasteiger partial charge in [0.25, 0.3) is 5.91 Å². The van der Waals surface area contributed by atoms with E-state index in [-0.39, 0.29) is 12.0 Å². The number of benzene rings is 1. The van der Waals surface area contributed by atoms with Crippen LogP contribution in [0, 0.1) is 6.92 Å². The Morgan fingerprint density at radius 1 is 1.23 bits per heavy atom. The van der Waals surface area contributed by atoms with Crippen LogP contribution in [-0.2, 0) is 16.0 Å². The molecular weight excluding hydrogens is 330 g/mol. The number of rotatable bonds is 3. The number of carbonyl (C=O) groups excluding carboxylic acids is 1. The van der Waals surface area contributed by atoms with Gasteiger partial charge in [-0.05, 0) is 24.5 Å². The maximum absolute atomic E-state index is 13.0. The Hall–Kier alpha value is -2.47. The number of aryl methyl sites for hydroxylation is 1. The van der Waals surface area contributed by atoms with Crippen LogP contribution in [0.3, 0.4) is 0 Å². The van der Waals surface area contributed by atoms with Gasteiger partial charge in [0.2, 0.25) is 5.88 Å². The number of piperidine rings is 1. The van der Waals surface area contributed by atoms with Gasteiger partial charge in [-0.25, -0.2) is 4.98 Å². The minimum Gasteiger partial charge on any atom is -0.474 e. The van der Waals surface area contributed by atoms with Gasteiger partial charge in [-0.1, -0.05) is 24.3 Å². The van der Waals surface area contributed by atoms with Crippen molar-refractivity contribution in [3.05, 3.63) is 53.5 Å². The van der Waals surface area contributed by atoms with Crippen molar-refractivity contribution in [2.45, 2.75) is 38.4 Å². The van der Waals surface area contributed by atoms with Crippen LogP contribution in [0.15, 0.2) is 36.5 Å². The molecule has 1 aromatic heterocycles. The maximum Gasteiger partial charge on any atom is 0.256 e. The van der Waals surface area contributed by atoms with E-state index in [9.17, 15) is 4.79 Å². The molecule has 1 amide bonds. The molecule has 2 aliphatic rings. The zero-order chi connectivity index (χ0) is 17.9. The second-order valence-corrected chi connectivity index (χ2v) is 6.78. The number of nitrogens with zero attached hydrogens (tertiary/aromatic N) is 3. The average Bonchev–Trinajstić information content (AvgIpc) is 2.68. The molecule has 2 aromatic rings. The fourth-order valence-corrected chi connectivity index (χ4v) is 3.63. The van der Waals surface area contributed by atoms with Crippen LogP contribution >= 0.6 is 0 Å². The minimum absolute atomic E-state index is 0.0634. The first-order chi connectivity index (χ1) is 12.7. The Morgan fingerprint density at radius 3 is 2.85 bits per heavy atom. The third kappa shape index (κ3) is 3.55. The van der Waals surface area contributed by atoms with E-state index in [0.717, 1.165) is 24.8 Å². The van der Waals surface area contributed by atoms with Crippen molar-refractivity contribution >= 4 is 5.91 Å². The van der Waals surface area contributed by atoms with Crippen molar-refractivity contribution in [1.29, 1.82) is 0 Å². The quantitative estimate of drug-likeness (QED) is 0.848. The molecule has 1 unspecified atom stereocenters. The summed E-state index contributed by atoms with van der Waals surface area (Å²) >= 11 is 0. The number of fused-ring (bicyclic) bond motifs is 1. The Bertz CT molecular complexity index is 787. The highest BCUT2D eigenvalue weighted by Crippen LogP contribution is 2.29. The minimum atomic E-state index is -0.470. The first kappa shape index (κ1) is 17.0. The molecule has 4 rings (SSSR count). The van der Waals surface area contributed by atoms with Crippen molar-refractivity contribution in [1.82, 2.24) is 14.9 Å². The van der Waals surface area contributed by atoms with Crippen LogP contribution in [0.25, 0.3) is 0 Å². The molecule has 3 heterocycles. The summed E-state index contributed by atoms with van der Waals surface area (Å²) in [6.07, 6.45) is 3.77. The molecule has 0 bridgehead atoms. The summed E-state index contributed by atoms with van der Waals surface area (Å²) in [5, 5.41) is 0. The molecule has 136 valence electrons. The number of ether oxygens (including phenoxy) is 2. The average molecular weight is 353 g/mol. The fraction of sp³-hybridized carbons (Fsp3) is 0.450. The standard InChI is InChI=1S/C20H23N3O3/c1-14-21-10-6-18(22-14)26-16-7-11-23(12-8-16)20(24)19-17-5-3-2-4-15(17)9-13-25-19/h2-6,10,16,19H,7-9,11-13H2,1H3. The molecule has 26 heavy (non-hydrogen) atoms. The Kier molecular flexibility index (Phi) is 4.84. The third-order valence-corrected chi connectivity index (χ3v) is 5.01. The molecule has 1 aromatic carbocycles. The molecular formula is C20H23N3O3. The summed E-state index contributed by atoms with van der Waals surface area (Å²) in [7, 11) is 0. The Morgan fingerprint density at radius 2 is 2.04 bits per heavy atom. The Labute approximate surface area is 153 Å². The molecule has 0 aliphatic carbocycles. The first-order valence-corrected chi connectivity index (χ1v) is 9.15. The monoisotopic (exact) mass is 353 g/mol. The summed E-state index contributed by atoms with van der Waals surface area (Å²) in [5.41, 5.74) is 2.23. The van der Waals surface area contributed by atoms with Crippen LogP contribution < -0.4 is 4.74 Å². The Balaban J connectivity index is 1.37. The lowest BCUT2D eigenvalue weighted by Gasteiger charge is -2.35. The van der Waals surface area contributed by atoms with Crippen LogP contribution in [0.2, 0.25) is 0 Å². The van der Waals surface area contributed by atoms with E-state index in [1.807, 2.05) is 30.0 Å². The number of amides is 1. The number of hydrogen-bond acceptors (Lipinski definition) is 5. The highest BCUT2D eigenvalue weighted by Gasteiger charge is 2.33. The van der Waals surface area contributed by atoms with Crippen molar-refractivity contribution in [2.24, 2.45) is 0 Å². The maximum atomic E-state index is 13.0. The van der Waals surface area contributed by atoms with Crippen molar-refractivity contribution < 1.29 is 14.3 Å². The number of carbonyl (C=O) groups is 1. The first-order valence-electron chi connectivity index (χ1n) is 9.15. The normalized spacial score (nSPS) is 20.5. The summed E-state index contributed by atoms with van der Waals surface area (Å²) in [4.78, 5) is 23.2. The fourth-order valence-electron chi connectivity index (χ4n) is 3.63. The van der Waals surface area contributed by atoms with Crippen molar-refractivity contribution in [2.75, 3.05) is 19.7 Å². The van der Waals surface area contributed by atoms with Gasteiger partial charge in [-0.2, -0.15) is 4.98 Å². The molecule has 1 saturated heterocycles. The molecule has 0 spiro atoms. The zero-order valence-corrected chi connectivity index (χ0v) is 14.9. The van der Waals surface area contributed by atoms with Gasteiger partial charge in [0.05, 0.1) is 6.61 Å². The summed E-state index contributed by atoms with van der Waals surface area (Å²) in [5.74, 6) is 1.36. The van der Waals surface area contributed by atoms with E-state index in [4.69, 9.17) is 9.47 Å². The molecule has 0 radical (unpaired) electrons. The van der Waals surface area contributed by atoms with E-state index < -0.39 is 6.10 Å². The van der Waals surface area contributed by atoms with Gasteiger partial charge in [0.1, 0.15) is 11.9 Å². The lowest BCUT2D eigenvalue weighted by Crippen LogP contribution is -2.45. The molecule has 6 heteroatoms. The number of likely N-dealkylation sites (tertiary alicyclic amines) is 1. The summed E-state index contributed by atoms with van der Waals surface area (Å²) in [6, 6.07) is 9.85. The van der Waals surface area contributed by atoms with Gasteiger partial charge in [0.15, 0.2) is 6.10 Å².